The van der Waals surface area contributed by atoms with Gasteiger partial charge in [-0.1, -0.05) is 0 Å². The Balaban J connectivity index is 2.14. The smallest absolute Gasteiger partial charge is 0.337 e. The molecule has 2 heterocycles. The van der Waals surface area contributed by atoms with E-state index in [1.807, 2.05) is 0 Å². The van der Waals surface area contributed by atoms with Gasteiger partial charge < -0.3 is 54.7 Å². The van der Waals surface area contributed by atoms with Gasteiger partial charge in [0.1, 0.15) is 55.9 Å². The number of hydrogen-bond acceptors (Lipinski definition) is 12. The normalized spacial score (nSPS) is 45.0. The van der Waals surface area contributed by atoms with Gasteiger partial charge in [-0.2, -0.15) is 0 Å². The third-order valence-corrected chi connectivity index (χ3v) is 4.41. The van der Waals surface area contributed by atoms with Gasteiger partial charge in [0.2, 0.25) is 5.79 Å². The maximum absolute atomic E-state index is 12.2. The summed E-state index contributed by atoms with van der Waals surface area (Å²) in [6, 6.07) is 0. The zero-order valence-electron chi connectivity index (χ0n) is 14.0. The van der Waals surface area contributed by atoms with Crippen molar-refractivity contribution in [2.45, 2.75) is 54.8 Å². The maximum Gasteiger partial charge on any atom is 0.337 e. The highest BCUT2D eigenvalue weighted by Crippen LogP contribution is 2.35. The van der Waals surface area contributed by atoms with Crippen LogP contribution in [0.15, 0.2) is 0 Å². The highest BCUT2D eigenvalue weighted by Gasteiger charge is 2.58. The second-order valence-electron chi connectivity index (χ2n) is 6.19. The van der Waals surface area contributed by atoms with Crippen LogP contribution in [0.5, 0.6) is 0 Å². The quantitative estimate of drug-likeness (QED) is 0.201. The van der Waals surface area contributed by atoms with Crippen molar-refractivity contribution in [2.24, 2.45) is 0 Å². The van der Waals surface area contributed by atoms with Gasteiger partial charge in [-0.05, 0) is 0 Å². The van der Waals surface area contributed by atoms with Crippen molar-refractivity contribution in [1.29, 1.82) is 0 Å². The Morgan fingerprint density at radius 3 is 2.19 bits per heavy atom. The largest absolute Gasteiger partial charge is 0.461 e. The summed E-state index contributed by atoms with van der Waals surface area (Å²) >= 11 is 0. The molecule has 2 rings (SSSR count). The number of carbonyl (C=O) groups is 1. The van der Waals surface area contributed by atoms with Crippen LogP contribution in [0.2, 0.25) is 0 Å². The van der Waals surface area contributed by atoms with E-state index in [2.05, 4.69) is 4.74 Å². The van der Waals surface area contributed by atoms with Crippen LogP contribution in [0.3, 0.4) is 0 Å². The van der Waals surface area contributed by atoms with Gasteiger partial charge in [-0.15, -0.1) is 0 Å². The third kappa shape index (κ3) is 4.37. The van der Waals surface area contributed by atoms with E-state index in [0.29, 0.717) is 0 Å². The minimum atomic E-state index is -2.32. The van der Waals surface area contributed by atoms with Crippen LogP contribution in [0.4, 0.5) is 4.39 Å². The molecule has 0 aromatic heterocycles. The highest BCUT2D eigenvalue weighted by atomic mass is 19.1. The lowest BCUT2D eigenvalue weighted by atomic mass is 9.99. The van der Waals surface area contributed by atoms with Crippen LogP contribution < -0.4 is 0 Å². The standard InChI is InChI=1S/C14H23FO12/c15-1-7(18)24-3-6-8(19)10(21)11(22)13(25-6)27-14(4-17)12(23)9(20)5(2-16)26-14/h5-6,8-13,16-17,19-23H,1-4H2/t5-,6-,8-,9-,10+,11-,12+,13-,14+/m1/s1. The van der Waals surface area contributed by atoms with Gasteiger partial charge in [0, 0.05) is 0 Å². The SMILES string of the molecule is O=C(CF)OC[C@H]1O[C@H](O[C@]2(CO)O[C@H](CO)[C@@H](O)[C@@H]2O)[C@H](O)[C@@H](O)[C@@H]1O. The zero-order chi connectivity index (χ0) is 20.4. The van der Waals surface area contributed by atoms with Crippen LogP contribution in [0.1, 0.15) is 0 Å². The summed E-state index contributed by atoms with van der Waals surface area (Å²) in [4.78, 5) is 10.9. The average molecular weight is 402 g/mol. The first-order chi connectivity index (χ1) is 12.7. The number of aliphatic hydroxyl groups excluding tert-OH is 7. The highest BCUT2D eigenvalue weighted by molar-refractivity contribution is 5.70. The molecular weight excluding hydrogens is 379 g/mol. The summed E-state index contributed by atoms with van der Waals surface area (Å²) in [7, 11) is 0. The molecule has 0 amide bonds. The second kappa shape index (κ2) is 9.00. The van der Waals surface area contributed by atoms with E-state index in [1.165, 1.54) is 0 Å². The molecule has 13 heteroatoms. The molecule has 2 aliphatic heterocycles. The van der Waals surface area contributed by atoms with E-state index in [-0.39, 0.29) is 0 Å². The number of ether oxygens (including phenoxy) is 4. The first kappa shape index (κ1) is 22.3. The summed E-state index contributed by atoms with van der Waals surface area (Å²) in [5.41, 5.74) is 0. The predicted molar refractivity (Wildman–Crippen MR) is 78.5 cm³/mol. The number of hydrogen-bond donors (Lipinski definition) is 7. The zero-order valence-corrected chi connectivity index (χ0v) is 14.0. The molecule has 2 saturated heterocycles. The van der Waals surface area contributed by atoms with E-state index < -0.39 is 87.3 Å². The van der Waals surface area contributed by atoms with Gasteiger partial charge >= 0.3 is 5.97 Å². The lowest BCUT2D eigenvalue weighted by Crippen LogP contribution is -2.62. The summed E-state index contributed by atoms with van der Waals surface area (Å²) in [5.74, 6) is -3.57. The van der Waals surface area contributed by atoms with Gasteiger partial charge in [0.15, 0.2) is 13.0 Å². The summed E-state index contributed by atoms with van der Waals surface area (Å²) < 4.78 is 32.2. The maximum atomic E-state index is 12.2. The van der Waals surface area contributed by atoms with Crippen molar-refractivity contribution < 1.29 is 63.9 Å². The van der Waals surface area contributed by atoms with Gasteiger partial charge in [0.25, 0.3) is 0 Å². The van der Waals surface area contributed by atoms with Crippen LogP contribution >= 0.6 is 0 Å². The molecule has 9 atom stereocenters. The van der Waals surface area contributed by atoms with Crippen molar-refractivity contribution in [3.63, 3.8) is 0 Å². The van der Waals surface area contributed by atoms with E-state index in [4.69, 9.17) is 19.3 Å². The first-order valence-corrected chi connectivity index (χ1v) is 8.05. The van der Waals surface area contributed by atoms with E-state index >= 15 is 0 Å². The van der Waals surface area contributed by atoms with E-state index in [0.717, 1.165) is 0 Å². The Bertz CT molecular complexity index is 508. The number of carbonyl (C=O) groups excluding carboxylic acids is 1. The van der Waals surface area contributed by atoms with Gasteiger partial charge in [-0.3, -0.25) is 0 Å². The molecule has 12 nitrogen and oxygen atoms in total. The number of esters is 1. The molecule has 0 spiro atoms. The van der Waals surface area contributed by atoms with Crippen LogP contribution in [-0.2, 0) is 23.7 Å². The van der Waals surface area contributed by atoms with Crippen LogP contribution in [-0.4, -0.2) is 123 Å². The number of aliphatic hydroxyl groups is 7. The second-order valence-corrected chi connectivity index (χ2v) is 6.19. The fourth-order valence-corrected chi connectivity index (χ4v) is 2.83. The summed E-state index contributed by atoms with van der Waals surface area (Å²) in [6.45, 7) is -3.87. The molecule has 7 N–H and O–H groups in total. The van der Waals surface area contributed by atoms with Crippen LogP contribution in [0.25, 0.3) is 0 Å². The van der Waals surface area contributed by atoms with Crippen molar-refractivity contribution in [2.75, 3.05) is 26.5 Å². The Morgan fingerprint density at radius 1 is 1.00 bits per heavy atom. The number of halogens is 1. The Labute approximate surface area is 152 Å². The van der Waals surface area contributed by atoms with E-state index in [1.54, 1.807) is 0 Å². The van der Waals surface area contributed by atoms with Crippen molar-refractivity contribution in [1.82, 2.24) is 0 Å². The molecule has 0 radical (unpaired) electrons. The van der Waals surface area contributed by atoms with Crippen molar-refractivity contribution in [3.05, 3.63) is 0 Å². The topological polar surface area (TPSA) is 196 Å². The Kier molecular flexibility index (Phi) is 7.43. The molecule has 2 fully saturated rings. The van der Waals surface area contributed by atoms with Crippen molar-refractivity contribution >= 4 is 5.97 Å². The Morgan fingerprint density at radius 2 is 1.67 bits per heavy atom. The predicted octanol–water partition coefficient (Wildman–Crippen LogP) is -4.88. The summed E-state index contributed by atoms with van der Waals surface area (Å²) in [5, 5.41) is 68.5. The molecule has 27 heavy (non-hydrogen) atoms. The fourth-order valence-electron chi connectivity index (χ4n) is 2.83. The first-order valence-electron chi connectivity index (χ1n) is 8.05. The molecule has 0 aromatic carbocycles. The van der Waals surface area contributed by atoms with Crippen molar-refractivity contribution in [3.8, 4) is 0 Å². The lowest BCUT2D eigenvalue weighted by molar-refractivity contribution is -0.383. The minimum Gasteiger partial charge on any atom is -0.461 e. The molecule has 0 saturated carbocycles. The third-order valence-electron chi connectivity index (χ3n) is 4.41. The van der Waals surface area contributed by atoms with Gasteiger partial charge in [0.05, 0.1) is 6.61 Å². The van der Waals surface area contributed by atoms with Gasteiger partial charge in [-0.25, -0.2) is 9.18 Å². The lowest BCUT2D eigenvalue weighted by Gasteiger charge is -2.43. The molecule has 0 bridgehead atoms. The monoisotopic (exact) mass is 402 g/mol. The fraction of sp³-hybridized carbons (Fsp3) is 0.929. The number of alkyl halides is 1. The minimum absolute atomic E-state index is 0.689. The average Bonchev–Trinajstić information content (AvgIpc) is 2.92. The molecule has 2 aliphatic rings. The number of rotatable bonds is 7. The molecule has 158 valence electrons. The molecule has 0 aliphatic carbocycles. The molecular formula is C14H23FO12. The molecule has 0 unspecified atom stereocenters. The van der Waals surface area contributed by atoms with Crippen LogP contribution in [0, 0.1) is 0 Å². The molecule has 0 aromatic rings. The Hall–Kier alpha value is -1.00. The summed E-state index contributed by atoms with van der Waals surface area (Å²) in [6.07, 6.45) is -13.6. The van der Waals surface area contributed by atoms with E-state index in [9.17, 15) is 39.8 Å².